The number of halogens is 2. The van der Waals surface area contributed by atoms with E-state index in [0.29, 0.717) is 31.6 Å². The molecule has 0 bridgehead atoms. The Bertz CT molecular complexity index is 720. The molecule has 0 atom stereocenters. The van der Waals surface area contributed by atoms with Gasteiger partial charge in [0.1, 0.15) is 11.6 Å². The van der Waals surface area contributed by atoms with Gasteiger partial charge in [-0.2, -0.15) is 5.10 Å². The Hall–Kier alpha value is -2.35. The van der Waals surface area contributed by atoms with E-state index in [9.17, 15) is 13.6 Å². The van der Waals surface area contributed by atoms with Crippen LogP contribution < -0.4 is 5.32 Å². The standard InChI is InChI=1S/C17H21F2N5O/c1-2-24-10-13(7-21-24)22-17(25)12-3-5-23(6-4-12)11-14-15(18)8-20-9-16(14)19/h7-10,12H,2-6,11H2,1H3,(H,22,25). The molecule has 3 heterocycles. The van der Waals surface area contributed by atoms with Crippen LogP contribution >= 0.6 is 0 Å². The minimum absolute atomic E-state index is 0.0309. The summed E-state index contributed by atoms with van der Waals surface area (Å²) in [6, 6.07) is 0. The Morgan fingerprint density at radius 3 is 2.52 bits per heavy atom. The van der Waals surface area contributed by atoms with Crippen LogP contribution in [0.25, 0.3) is 0 Å². The van der Waals surface area contributed by atoms with Gasteiger partial charge in [0.05, 0.1) is 24.3 Å². The Morgan fingerprint density at radius 1 is 1.24 bits per heavy atom. The van der Waals surface area contributed by atoms with E-state index in [1.165, 1.54) is 0 Å². The second-order valence-electron chi connectivity index (χ2n) is 6.21. The van der Waals surface area contributed by atoms with Gasteiger partial charge in [0, 0.05) is 30.8 Å². The van der Waals surface area contributed by atoms with Gasteiger partial charge < -0.3 is 5.32 Å². The summed E-state index contributed by atoms with van der Waals surface area (Å²) in [5, 5.41) is 7.01. The molecule has 0 saturated carbocycles. The zero-order valence-corrected chi connectivity index (χ0v) is 14.1. The number of pyridine rings is 1. The largest absolute Gasteiger partial charge is 0.323 e. The number of aromatic nitrogens is 3. The van der Waals surface area contributed by atoms with E-state index in [-0.39, 0.29) is 23.9 Å². The first-order valence-corrected chi connectivity index (χ1v) is 8.40. The fourth-order valence-corrected chi connectivity index (χ4v) is 3.01. The third-order valence-corrected chi connectivity index (χ3v) is 4.52. The van der Waals surface area contributed by atoms with E-state index in [1.54, 1.807) is 17.1 Å². The van der Waals surface area contributed by atoms with Crippen molar-refractivity contribution >= 4 is 11.6 Å². The number of carbonyl (C=O) groups excluding carboxylic acids is 1. The number of carbonyl (C=O) groups is 1. The molecule has 0 aromatic carbocycles. The Morgan fingerprint density at radius 2 is 1.92 bits per heavy atom. The van der Waals surface area contributed by atoms with E-state index in [4.69, 9.17) is 0 Å². The number of anilines is 1. The number of aryl methyl sites for hydroxylation is 1. The molecule has 1 aliphatic heterocycles. The van der Waals surface area contributed by atoms with Crippen LogP contribution in [0.1, 0.15) is 25.3 Å². The molecule has 6 nitrogen and oxygen atoms in total. The molecule has 8 heteroatoms. The average Bonchev–Trinajstić information content (AvgIpc) is 3.06. The Kier molecular flexibility index (Phi) is 5.37. The topological polar surface area (TPSA) is 63.1 Å². The summed E-state index contributed by atoms with van der Waals surface area (Å²) in [6.45, 7) is 4.15. The molecule has 0 aliphatic carbocycles. The van der Waals surface area contributed by atoms with Crippen LogP contribution in [0.2, 0.25) is 0 Å². The van der Waals surface area contributed by atoms with Crippen molar-refractivity contribution < 1.29 is 13.6 Å². The number of piperidine rings is 1. The number of nitrogens with one attached hydrogen (secondary N) is 1. The minimum atomic E-state index is -0.632. The summed E-state index contributed by atoms with van der Waals surface area (Å²) >= 11 is 0. The molecule has 1 amide bonds. The molecule has 1 aliphatic rings. The lowest BCUT2D eigenvalue weighted by molar-refractivity contribution is -0.121. The van der Waals surface area contributed by atoms with E-state index < -0.39 is 11.6 Å². The van der Waals surface area contributed by atoms with Gasteiger partial charge in [0.15, 0.2) is 0 Å². The lowest BCUT2D eigenvalue weighted by Gasteiger charge is -2.31. The molecule has 0 spiro atoms. The molecular formula is C17H21F2N5O. The van der Waals surface area contributed by atoms with Crippen LogP contribution in [-0.4, -0.2) is 38.7 Å². The van der Waals surface area contributed by atoms with Crippen molar-refractivity contribution in [2.45, 2.75) is 32.9 Å². The maximum atomic E-state index is 13.7. The summed E-state index contributed by atoms with van der Waals surface area (Å²) < 4.78 is 29.1. The number of hydrogen-bond donors (Lipinski definition) is 1. The van der Waals surface area contributed by atoms with Crippen LogP contribution in [0.4, 0.5) is 14.5 Å². The number of hydrogen-bond acceptors (Lipinski definition) is 4. The zero-order valence-electron chi connectivity index (χ0n) is 14.1. The molecule has 3 rings (SSSR count). The molecule has 1 N–H and O–H groups in total. The Balaban J connectivity index is 1.52. The third-order valence-electron chi connectivity index (χ3n) is 4.52. The first-order valence-electron chi connectivity index (χ1n) is 8.40. The van der Waals surface area contributed by atoms with Crippen molar-refractivity contribution in [2.75, 3.05) is 18.4 Å². The monoisotopic (exact) mass is 349 g/mol. The molecule has 1 fully saturated rings. The lowest BCUT2D eigenvalue weighted by atomic mass is 9.95. The molecule has 2 aromatic rings. The predicted molar refractivity (Wildman–Crippen MR) is 88.7 cm³/mol. The third kappa shape index (κ3) is 4.19. The van der Waals surface area contributed by atoms with Gasteiger partial charge in [-0.05, 0) is 32.9 Å². The van der Waals surface area contributed by atoms with Gasteiger partial charge >= 0.3 is 0 Å². The molecule has 1 saturated heterocycles. The number of nitrogens with zero attached hydrogens (tertiary/aromatic N) is 4. The predicted octanol–water partition coefficient (Wildman–Crippen LogP) is 2.43. The van der Waals surface area contributed by atoms with E-state index in [2.05, 4.69) is 15.4 Å². The van der Waals surface area contributed by atoms with Crippen molar-refractivity contribution in [3.63, 3.8) is 0 Å². The Labute approximate surface area is 144 Å². The summed E-state index contributed by atoms with van der Waals surface area (Å²) in [6.07, 6.45) is 6.78. The molecule has 0 unspecified atom stereocenters. The highest BCUT2D eigenvalue weighted by molar-refractivity contribution is 5.92. The van der Waals surface area contributed by atoms with Gasteiger partial charge in [-0.15, -0.1) is 0 Å². The second-order valence-corrected chi connectivity index (χ2v) is 6.21. The van der Waals surface area contributed by atoms with Gasteiger partial charge in [0.2, 0.25) is 5.91 Å². The normalized spacial score (nSPS) is 16.1. The van der Waals surface area contributed by atoms with E-state index in [1.807, 2.05) is 11.8 Å². The van der Waals surface area contributed by atoms with Gasteiger partial charge in [0.25, 0.3) is 0 Å². The van der Waals surface area contributed by atoms with Gasteiger partial charge in [-0.1, -0.05) is 0 Å². The van der Waals surface area contributed by atoms with Crippen molar-refractivity contribution in [3.05, 3.63) is 42.0 Å². The quantitative estimate of drug-likeness (QED) is 0.901. The zero-order chi connectivity index (χ0) is 17.8. The SMILES string of the molecule is CCn1cc(NC(=O)C2CCN(Cc3c(F)cncc3F)CC2)cn1. The lowest BCUT2D eigenvalue weighted by Crippen LogP contribution is -2.38. The first kappa shape index (κ1) is 17.5. The van der Waals surface area contributed by atoms with E-state index >= 15 is 0 Å². The van der Waals surface area contributed by atoms with Crippen molar-refractivity contribution in [1.82, 2.24) is 19.7 Å². The maximum absolute atomic E-state index is 13.7. The van der Waals surface area contributed by atoms with Crippen LogP contribution in [-0.2, 0) is 17.9 Å². The highest BCUT2D eigenvalue weighted by Gasteiger charge is 2.26. The number of rotatable bonds is 5. The number of likely N-dealkylation sites (tertiary alicyclic amines) is 1. The molecule has 25 heavy (non-hydrogen) atoms. The van der Waals surface area contributed by atoms with Crippen LogP contribution in [0.3, 0.4) is 0 Å². The highest BCUT2D eigenvalue weighted by atomic mass is 19.1. The van der Waals surface area contributed by atoms with Crippen LogP contribution in [0, 0.1) is 17.6 Å². The fourth-order valence-electron chi connectivity index (χ4n) is 3.01. The molecule has 134 valence electrons. The van der Waals surface area contributed by atoms with Crippen LogP contribution in [0.15, 0.2) is 24.8 Å². The molecule has 0 radical (unpaired) electrons. The van der Waals surface area contributed by atoms with E-state index in [0.717, 1.165) is 18.9 Å². The van der Waals surface area contributed by atoms with Crippen molar-refractivity contribution in [2.24, 2.45) is 5.92 Å². The molecule has 2 aromatic heterocycles. The van der Waals surface area contributed by atoms with Gasteiger partial charge in [-0.3, -0.25) is 19.4 Å². The number of amides is 1. The van der Waals surface area contributed by atoms with Gasteiger partial charge in [-0.25, -0.2) is 8.78 Å². The highest BCUT2D eigenvalue weighted by Crippen LogP contribution is 2.22. The summed E-state index contributed by atoms with van der Waals surface area (Å²) in [5.74, 6) is -1.40. The summed E-state index contributed by atoms with van der Waals surface area (Å²) in [5.41, 5.74) is 0.722. The fraction of sp³-hybridized carbons (Fsp3) is 0.471. The maximum Gasteiger partial charge on any atom is 0.227 e. The molecular weight excluding hydrogens is 328 g/mol. The van der Waals surface area contributed by atoms with Crippen molar-refractivity contribution in [1.29, 1.82) is 0 Å². The van der Waals surface area contributed by atoms with Crippen molar-refractivity contribution in [3.8, 4) is 0 Å². The van der Waals surface area contributed by atoms with Crippen LogP contribution in [0.5, 0.6) is 0 Å². The first-order chi connectivity index (χ1) is 12.1. The smallest absolute Gasteiger partial charge is 0.227 e. The minimum Gasteiger partial charge on any atom is -0.323 e. The average molecular weight is 349 g/mol. The second kappa shape index (κ2) is 7.69. The summed E-state index contributed by atoms with van der Waals surface area (Å²) in [4.78, 5) is 17.8. The summed E-state index contributed by atoms with van der Waals surface area (Å²) in [7, 11) is 0.